The minimum absolute atomic E-state index is 0.0482. The van der Waals surface area contributed by atoms with E-state index in [1.54, 1.807) is 11.9 Å². The number of rotatable bonds is 3. The van der Waals surface area contributed by atoms with Gasteiger partial charge in [0, 0.05) is 18.5 Å². The molecule has 1 aromatic carbocycles. The molecule has 0 saturated heterocycles. The smallest absolute Gasteiger partial charge is 0.322 e. The summed E-state index contributed by atoms with van der Waals surface area (Å²) in [5, 5.41) is 4.89. The molecule has 5 rings (SSSR count). The number of nitrogens with one attached hydrogen (secondary N) is 1. The van der Waals surface area contributed by atoms with Gasteiger partial charge >= 0.3 is 6.03 Å². The summed E-state index contributed by atoms with van der Waals surface area (Å²) in [6, 6.07) is 8.98. The van der Waals surface area contributed by atoms with E-state index in [0.717, 1.165) is 21.9 Å². The maximum Gasteiger partial charge on any atom is 0.322 e. The largest absolute Gasteiger partial charge is 0.454 e. The fraction of sp³-hybridized carbons (Fsp3) is 0.263. The summed E-state index contributed by atoms with van der Waals surface area (Å²) in [4.78, 5) is 29.8. The van der Waals surface area contributed by atoms with Gasteiger partial charge in [-0.25, -0.2) is 4.79 Å². The van der Waals surface area contributed by atoms with Crippen LogP contribution < -0.4 is 14.8 Å². The van der Waals surface area contributed by atoms with E-state index in [1.807, 2.05) is 35.7 Å². The lowest BCUT2D eigenvalue weighted by Crippen LogP contribution is -2.45. The predicted octanol–water partition coefficient (Wildman–Crippen LogP) is 2.47. The molecular formula is C19H17N3O4S. The van der Waals surface area contributed by atoms with Crippen LogP contribution in [0.3, 0.4) is 0 Å². The molecule has 7 nitrogen and oxygen atoms in total. The van der Waals surface area contributed by atoms with Gasteiger partial charge in [-0.2, -0.15) is 0 Å². The van der Waals surface area contributed by atoms with Crippen LogP contribution in [-0.2, 0) is 11.3 Å². The molecule has 4 heterocycles. The first-order valence-corrected chi connectivity index (χ1v) is 9.48. The highest BCUT2D eigenvalue weighted by Gasteiger charge is 2.43. The van der Waals surface area contributed by atoms with Gasteiger partial charge in [0.1, 0.15) is 0 Å². The fourth-order valence-electron chi connectivity index (χ4n) is 3.68. The molecule has 1 N–H and O–H groups in total. The quantitative estimate of drug-likeness (QED) is 0.884. The number of nitrogens with zero attached hydrogens (tertiary/aromatic N) is 2. The molecule has 3 aliphatic rings. The number of likely N-dealkylation sites (N-methyl/N-ethyl adjacent to an activating group) is 1. The topological polar surface area (TPSA) is 71.1 Å². The summed E-state index contributed by atoms with van der Waals surface area (Å²) in [5.41, 5.74) is 2.38. The Morgan fingerprint density at radius 1 is 1.22 bits per heavy atom. The molecule has 138 valence electrons. The lowest BCUT2D eigenvalue weighted by molar-refractivity contribution is -0.126. The number of thiophene rings is 1. The van der Waals surface area contributed by atoms with Crippen LogP contribution in [0.1, 0.15) is 16.5 Å². The van der Waals surface area contributed by atoms with Crippen molar-refractivity contribution in [1.29, 1.82) is 0 Å². The standard InChI is InChI=1S/C19H17N3O4S/c1-21-12-9-22(8-11-4-5-13-14(7-11)26-10-25-13)18(23)16(12)17(20-19(21)24)15-3-2-6-27-15/h2-7,17H,8-10H2,1H3,(H,20,24). The van der Waals surface area contributed by atoms with Crippen LogP contribution in [0.25, 0.3) is 0 Å². The van der Waals surface area contributed by atoms with Crippen LogP contribution in [0, 0.1) is 0 Å². The number of hydrogen-bond acceptors (Lipinski definition) is 5. The number of benzene rings is 1. The van der Waals surface area contributed by atoms with Crippen molar-refractivity contribution in [2.45, 2.75) is 12.6 Å². The van der Waals surface area contributed by atoms with Crippen molar-refractivity contribution in [1.82, 2.24) is 15.1 Å². The Kier molecular flexibility index (Phi) is 3.61. The SMILES string of the molecule is CN1C(=O)NC(c2cccs2)C2=C1CN(Cc1ccc3c(c1)OCO3)C2=O. The normalized spacial score (nSPS) is 21.0. The molecule has 8 heteroatoms. The van der Waals surface area contributed by atoms with E-state index in [9.17, 15) is 9.59 Å². The number of fused-ring (bicyclic) bond motifs is 1. The lowest BCUT2D eigenvalue weighted by atomic mass is 10.0. The highest BCUT2D eigenvalue weighted by molar-refractivity contribution is 7.10. The van der Waals surface area contributed by atoms with Gasteiger partial charge in [0.15, 0.2) is 11.5 Å². The van der Waals surface area contributed by atoms with Crippen molar-refractivity contribution >= 4 is 23.3 Å². The van der Waals surface area contributed by atoms with E-state index in [4.69, 9.17) is 9.47 Å². The van der Waals surface area contributed by atoms with E-state index in [-0.39, 0.29) is 18.7 Å². The summed E-state index contributed by atoms with van der Waals surface area (Å²) in [6.45, 7) is 1.08. The molecule has 1 atom stereocenters. The second kappa shape index (κ2) is 6.02. The average molecular weight is 383 g/mol. The van der Waals surface area contributed by atoms with Gasteiger partial charge in [-0.3, -0.25) is 9.69 Å². The van der Waals surface area contributed by atoms with Crippen molar-refractivity contribution in [3.05, 3.63) is 57.4 Å². The van der Waals surface area contributed by atoms with Crippen molar-refractivity contribution in [3.8, 4) is 11.5 Å². The first-order valence-electron chi connectivity index (χ1n) is 8.60. The molecule has 0 bridgehead atoms. The zero-order valence-electron chi connectivity index (χ0n) is 14.6. The molecule has 0 saturated carbocycles. The third-order valence-corrected chi connectivity index (χ3v) is 6.01. The average Bonchev–Trinajstić information content (AvgIpc) is 3.39. The highest BCUT2D eigenvalue weighted by atomic mass is 32.1. The Morgan fingerprint density at radius 2 is 2.07 bits per heavy atom. The summed E-state index contributed by atoms with van der Waals surface area (Å²) in [5.74, 6) is 1.37. The third kappa shape index (κ3) is 2.56. The summed E-state index contributed by atoms with van der Waals surface area (Å²) in [6.07, 6.45) is 0. The minimum Gasteiger partial charge on any atom is -0.454 e. The Bertz CT molecular complexity index is 969. The number of carbonyl (C=O) groups is 2. The van der Waals surface area contributed by atoms with Crippen molar-refractivity contribution in [3.63, 3.8) is 0 Å². The van der Waals surface area contributed by atoms with Crippen LogP contribution in [0.5, 0.6) is 11.5 Å². The van der Waals surface area contributed by atoms with Crippen LogP contribution >= 0.6 is 11.3 Å². The molecule has 3 amide bonds. The van der Waals surface area contributed by atoms with Gasteiger partial charge in [-0.1, -0.05) is 12.1 Å². The summed E-state index contributed by atoms with van der Waals surface area (Å²) >= 11 is 1.53. The number of hydrogen-bond donors (Lipinski definition) is 1. The van der Waals surface area contributed by atoms with Crippen LogP contribution in [-0.4, -0.2) is 42.1 Å². The minimum atomic E-state index is -0.391. The van der Waals surface area contributed by atoms with E-state index >= 15 is 0 Å². The maximum atomic E-state index is 13.2. The first kappa shape index (κ1) is 16.2. The highest BCUT2D eigenvalue weighted by Crippen LogP contribution is 2.38. The number of ether oxygens (including phenoxy) is 2. The zero-order chi connectivity index (χ0) is 18.5. The van der Waals surface area contributed by atoms with E-state index < -0.39 is 6.04 Å². The molecule has 0 fully saturated rings. The van der Waals surface area contributed by atoms with Gasteiger partial charge < -0.3 is 19.7 Å². The Labute approximate surface area is 159 Å². The van der Waals surface area contributed by atoms with Gasteiger partial charge in [-0.15, -0.1) is 11.3 Å². The molecule has 27 heavy (non-hydrogen) atoms. The summed E-state index contributed by atoms with van der Waals surface area (Å²) in [7, 11) is 1.70. The van der Waals surface area contributed by atoms with Crippen molar-refractivity contribution in [2.75, 3.05) is 20.4 Å². The van der Waals surface area contributed by atoms with Crippen LogP contribution in [0.15, 0.2) is 47.0 Å². The van der Waals surface area contributed by atoms with Crippen molar-refractivity contribution < 1.29 is 19.1 Å². The Hall–Kier alpha value is -3.00. The number of urea groups is 1. The van der Waals surface area contributed by atoms with Gasteiger partial charge in [0.05, 0.1) is 23.9 Å². The molecule has 3 aliphatic heterocycles. The molecule has 1 aromatic heterocycles. The van der Waals surface area contributed by atoms with Gasteiger partial charge in [-0.05, 0) is 29.1 Å². The van der Waals surface area contributed by atoms with Crippen LogP contribution in [0.2, 0.25) is 0 Å². The van der Waals surface area contributed by atoms with Gasteiger partial charge in [0.2, 0.25) is 6.79 Å². The van der Waals surface area contributed by atoms with E-state index in [2.05, 4.69) is 5.32 Å². The second-order valence-corrected chi connectivity index (χ2v) is 7.65. The van der Waals surface area contributed by atoms with Crippen LogP contribution in [0.4, 0.5) is 4.79 Å². The van der Waals surface area contributed by atoms with Crippen molar-refractivity contribution in [2.24, 2.45) is 0 Å². The molecule has 0 radical (unpaired) electrons. The Morgan fingerprint density at radius 3 is 2.89 bits per heavy atom. The molecule has 1 unspecified atom stereocenters. The molecular weight excluding hydrogens is 366 g/mol. The maximum absolute atomic E-state index is 13.2. The summed E-state index contributed by atoms with van der Waals surface area (Å²) < 4.78 is 10.8. The lowest BCUT2D eigenvalue weighted by Gasteiger charge is -2.30. The van der Waals surface area contributed by atoms with Gasteiger partial charge in [0.25, 0.3) is 5.91 Å². The first-order chi connectivity index (χ1) is 13.1. The second-order valence-electron chi connectivity index (χ2n) is 6.67. The number of amides is 3. The zero-order valence-corrected chi connectivity index (χ0v) is 15.4. The van der Waals surface area contributed by atoms with E-state index in [0.29, 0.717) is 24.4 Å². The molecule has 2 aromatic rings. The third-order valence-electron chi connectivity index (χ3n) is 5.07. The Balaban J connectivity index is 1.44. The monoisotopic (exact) mass is 383 g/mol. The fourth-order valence-corrected chi connectivity index (χ4v) is 4.46. The predicted molar refractivity (Wildman–Crippen MR) is 98.4 cm³/mol. The molecule has 0 spiro atoms. The number of carbonyl (C=O) groups excluding carboxylic acids is 2. The molecule has 0 aliphatic carbocycles. The van der Waals surface area contributed by atoms with E-state index in [1.165, 1.54) is 16.2 Å².